The van der Waals surface area contributed by atoms with Crippen LogP contribution in [0.3, 0.4) is 0 Å². The molecule has 0 spiro atoms. The monoisotopic (exact) mass is 303 g/mol. The quantitative estimate of drug-likeness (QED) is 0.622. The molecule has 0 aromatic heterocycles. The van der Waals surface area contributed by atoms with E-state index in [1.165, 1.54) is 5.32 Å². The van der Waals surface area contributed by atoms with Gasteiger partial charge in [0.05, 0.1) is 0 Å². The van der Waals surface area contributed by atoms with Gasteiger partial charge in [-0.25, -0.2) is 4.79 Å². The van der Waals surface area contributed by atoms with Crippen LogP contribution in [0.2, 0.25) is 0 Å². The summed E-state index contributed by atoms with van der Waals surface area (Å²) in [6.45, 7) is 0. The maximum Gasteiger partial charge on any atom is 0.463 e. The molecule has 0 aromatic rings. The average molecular weight is 303 g/mol. The van der Waals surface area contributed by atoms with Gasteiger partial charge in [-0.15, -0.1) is 0 Å². The fraction of sp³-hybridized carbons (Fsp3) is 0.818. The highest BCUT2D eigenvalue weighted by atomic mass is 19.4. The molecule has 0 aromatic carbocycles. The topological polar surface area (TPSA) is 66.4 Å². The third-order valence-electron chi connectivity index (χ3n) is 3.36. The lowest BCUT2D eigenvalue weighted by Gasteiger charge is -2.31. The van der Waals surface area contributed by atoms with Gasteiger partial charge < -0.3 is 10.4 Å². The highest BCUT2D eigenvalue weighted by Crippen LogP contribution is 2.37. The summed E-state index contributed by atoms with van der Waals surface area (Å²) in [6, 6.07) is 0. The molecule has 0 bridgehead atoms. The highest BCUT2D eigenvalue weighted by molar-refractivity contribution is 5.91. The van der Waals surface area contributed by atoms with Crippen LogP contribution in [0.15, 0.2) is 0 Å². The van der Waals surface area contributed by atoms with E-state index in [9.17, 15) is 31.5 Å². The minimum Gasteiger partial charge on any atom is -0.480 e. The number of rotatable bonds is 3. The zero-order chi connectivity index (χ0) is 15.6. The summed E-state index contributed by atoms with van der Waals surface area (Å²) in [5, 5.41) is 10.5. The highest BCUT2D eigenvalue weighted by Gasteiger charge is 2.64. The van der Waals surface area contributed by atoms with Crippen LogP contribution in [0, 0.1) is 0 Å². The molecule has 1 fully saturated rings. The van der Waals surface area contributed by atoms with Crippen LogP contribution in [0.4, 0.5) is 22.0 Å². The molecule has 0 heterocycles. The number of carbonyl (C=O) groups is 2. The normalized spacial score (nSPS) is 20.1. The molecule has 1 saturated carbocycles. The SMILES string of the molecule is O=C(O)C1(NC(=O)C(F)(F)C(F)(F)F)CCCCCC1. The first kappa shape index (κ1) is 16.6. The Hall–Kier alpha value is -1.41. The molecule has 0 unspecified atom stereocenters. The van der Waals surface area contributed by atoms with Crippen molar-refractivity contribution in [1.82, 2.24) is 5.32 Å². The maximum absolute atomic E-state index is 12.9. The van der Waals surface area contributed by atoms with E-state index in [4.69, 9.17) is 5.11 Å². The smallest absolute Gasteiger partial charge is 0.463 e. The third kappa shape index (κ3) is 3.18. The molecule has 9 heteroatoms. The number of carboxylic acid groups (broad SMARTS) is 1. The summed E-state index contributed by atoms with van der Waals surface area (Å²) in [5.41, 5.74) is -2.05. The number of amides is 1. The number of carbonyl (C=O) groups excluding carboxylic acids is 1. The lowest BCUT2D eigenvalue weighted by Crippen LogP contribution is -2.61. The average Bonchev–Trinajstić information content (AvgIpc) is 2.54. The van der Waals surface area contributed by atoms with Crippen molar-refractivity contribution >= 4 is 11.9 Å². The first-order valence-electron chi connectivity index (χ1n) is 6.03. The largest absolute Gasteiger partial charge is 0.480 e. The van der Waals surface area contributed by atoms with Gasteiger partial charge in [0.15, 0.2) is 0 Å². The van der Waals surface area contributed by atoms with Crippen LogP contribution < -0.4 is 5.32 Å². The van der Waals surface area contributed by atoms with E-state index in [0.29, 0.717) is 25.7 Å². The van der Waals surface area contributed by atoms with Gasteiger partial charge in [0, 0.05) is 0 Å². The molecule has 116 valence electrons. The van der Waals surface area contributed by atoms with Crippen molar-refractivity contribution < 1.29 is 36.6 Å². The predicted molar refractivity (Wildman–Crippen MR) is 57.2 cm³/mol. The summed E-state index contributed by atoms with van der Waals surface area (Å²) in [6.07, 6.45) is -4.43. The Bertz CT molecular complexity index is 386. The van der Waals surface area contributed by atoms with E-state index in [1.807, 2.05) is 0 Å². The molecule has 0 atom stereocenters. The second-order valence-electron chi connectivity index (χ2n) is 4.83. The van der Waals surface area contributed by atoms with E-state index in [-0.39, 0.29) is 12.8 Å². The lowest BCUT2D eigenvalue weighted by atomic mass is 9.90. The molecule has 4 nitrogen and oxygen atoms in total. The minimum atomic E-state index is -6.05. The lowest BCUT2D eigenvalue weighted by molar-refractivity contribution is -0.270. The van der Waals surface area contributed by atoms with Crippen molar-refractivity contribution in [3.63, 3.8) is 0 Å². The van der Waals surface area contributed by atoms with Crippen LogP contribution in [0.5, 0.6) is 0 Å². The Morgan fingerprint density at radius 3 is 1.75 bits per heavy atom. The third-order valence-corrected chi connectivity index (χ3v) is 3.36. The van der Waals surface area contributed by atoms with Gasteiger partial charge >= 0.3 is 24.0 Å². The number of nitrogens with one attached hydrogen (secondary N) is 1. The molecule has 0 aliphatic heterocycles. The van der Waals surface area contributed by atoms with Crippen molar-refractivity contribution in [3.05, 3.63) is 0 Å². The first-order chi connectivity index (χ1) is 9.03. The number of aliphatic carboxylic acids is 1. The van der Waals surface area contributed by atoms with Crippen LogP contribution in [0.1, 0.15) is 38.5 Å². The second-order valence-corrected chi connectivity index (χ2v) is 4.83. The number of hydrogen-bond acceptors (Lipinski definition) is 2. The van der Waals surface area contributed by atoms with Gasteiger partial charge in [0.25, 0.3) is 0 Å². The number of halogens is 5. The molecular weight excluding hydrogens is 289 g/mol. The van der Waals surface area contributed by atoms with Crippen LogP contribution in [-0.2, 0) is 9.59 Å². The Morgan fingerprint density at radius 2 is 1.40 bits per heavy atom. The zero-order valence-electron chi connectivity index (χ0n) is 10.4. The van der Waals surface area contributed by atoms with E-state index in [2.05, 4.69) is 0 Å². The summed E-state index contributed by atoms with van der Waals surface area (Å²) < 4.78 is 62.0. The van der Waals surface area contributed by atoms with Gasteiger partial charge in [-0.05, 0) is 12.8 Å². The molecule has 1 amide bonds. The van der Waals surface area contributed by atoms with E-state index < -0.39 is 29.5 Å². The van der Waals surface area contributed by atoms with Crippen molar-refractivity contribution in [1.29, 1.82) is 0 Å². The Kier molecular flexibility index (Phi) is 4.60. The van der Waals surface area contributed by atoms with E-state index >= 15 is 0 Å². The molecule has 2 N–H and O–H groups in total. The van der Waals surface area contributed by atoms with Crippen LogP contribution in [0.25, 0.3) is 0 Å². The Morgan fingerprint density at radius 1 is 0.950 bits per heavy atom. The van der Waals surface area contributed by atoms with Gasteiger partial charge in [-0.3, -0.25) is 4.79 Å². The fourth-order valence-corrected chi connectivity index (χ4v) is 2.15. The second kappa shape index (κ2) is 5.53. The molecule has 1 aliphatic carbocycles. The van der Waals surface area contributed by atoms with Gasteiger partial charge in [-0.1, -0.05) is 25.7 Å². The van der Waals surface area contributed by atoms with Crippen molar-refractivity contribution in [2.45, 2.75) is 56.2 Å². The predicted octanol–water partition coefficient (Wildman–Crippen LogP) is 2.48. The zero-order valence-corrected chi connectivity index (χ0v) is 10.4. The van der Waals surface area contributed by atoms with Crippen molar-refractivity contribution in [2.75, 3.05) is 0 Å². The first-order valence-corrected chi connectivity index (χ1v) is 6.03. The van der Waals surface area contributed by atoms with Crippen LogP contribution >= 0.6 is 0 Å². The van der Waals surface area contributed by atoms with Crippen molar-refractivity contribution in [3.8, 4) is 0 Å². The molecule has 0 saturated heterocycles. The fourth-order valence-electron chi connectivity index (χ4n) is 2.15. The molecule has 0 radical (unpaired) electrons. The van der Waals surface area contributed by atoms with E-state index in [0.717, 1.165) is 0 Å². The summed E-state index contributed by atoms with van der Waals surface area (Å²) in [7, 11) is 0. The molecular formula is C11H14F5NO3. The van der Waals surface area contributed by atoms with Crippen LogP contribution in [-0.4, -0.2) is 34.6 Å². The summed E-state index contributed by atoms with van der Waals surface area (Å²) in [4.78, 5) is 22.4. The maximum atomic E-state index is 12.9. The molecule has 20 heavy (non-hydrogen) atoms. The summed E-state index contributed by atoms with van der Waals surface area (Å²) >= 11 is 0. The standard InChI is InChI=1S/C11H14F5NO3/c12-10(13,11(14,15)16)7(18)17-9(8(19)20)5-3-1-2-4-6-9/h1-6H2,(H,17,18)(H,19,20). The van der Waals surface area contributed by atoms with E-state index in [1.54, 1.807) is 0 Å². The van der Waals surface area contributed by atoms with Gasteiger partial charge in [0.1, 0.15) is 5.54 Å². The number of alkyl halides is 5. The number of carboxylic acids is 1. The Balaban J connectivity index is 2.96. The Labute approximate surface area is 111 Å². The van der Waals surface area contributed by atoms with Crippen molar-refractivity contribution in [2.24, 2.45) is 0 Å². The molecule has 1 rings (SSSR count). The summed E-state index contributed by atoms with van der Waals surface area (Å²) in [5.74, 6) is -9.82. The van der Waals surface area contributed by atoms with Gasteiger partial charge in [0.2, 0.25) is 0 Å². The minimum absolute atomic E-state index is 0.165. The van der Waals surface area contributed by atoms with Gasteiger partial charge in [-0.2, -0.15) is 22.0 Å². The number of hydrogen-bond donors (Lipinski definition) is 2. The molecule has 1 aliphatic rings.